The Kier molecular flexibility index (Phi) is 5.57. The Bertz CT molecular complexity index is 928. The highest BCUT2D eigenvalue weighted by Gasteiger charge is 2.38. The van der Waals surface area contributed by atoms with Crippen molar-refractivity contribution in [2.24, 2.45) is 9.98 Å². The van der Waals surface area contributed by atoms with E-state index in [0.717, 1.165) is 18.2 Å². The number of carbonyl (C=O) groups excluding carboxylic acids is 2. The van der Waals surface area contributed by atoms with Gasteiger partial charge in [-0.05, 0) is 30.3 Å². The van der Waals surface area contributed by atoms with Gasteiger partial charge in [-0.1, -0.05) is 0 Å². The predicted molar refractivity (Wildman–Crippen MR) is 85.5 cm³/mol. The monoisotopic (exact) mass is 364 g/mol. The fourth-order valence-electron chi connectivity index (χ4n) is 2.41. The van der Waals surface area contributed by atoms with Crippen LogP contribution < -0.4 is 9.47 Å². The number of halogens is 3. The molecule has 0 aliphatic rings. The van der Waals surface area contributed by atoms with E-state index < -0.39 is 23.1 Å². The van der Waals surface area contributed by atoms with E-state index in [-0.39, 0.29) is 16.9 Å². The normalized spacial score (nSPS) is 10.5. The van der Waals surface area contributed by atoms with E-state index in [1.165, 1.54) is 32.4 Å². The van der Waals surface area contributed by atoms with Crippen LogP contribution in [0.2, 0.25) is 0 Å². The van der Waals surface area contributed by atoms with Gasteiger partial charge >= 0.3 is 6.18 Å². The number of alkyl halides is 3. The molecule has 0 aromatic heterocycles. The minimum Gasteiger partial charge on any atom is -0.497 e. The van der Waals surface area contributed by atoms with Gasteiger partial charge in [-0.25, -0.2) is 9.59 Å². The third-order valence-corrected chi connectivity index (χ3v) is 3.46. The topological polar surface area (TPSA) is 77.3 Å². The molecule has 0 bridgehead atoms. The lowest BCUT2D eigenvalue weighted by atomic mass is 9.97. The van der Waals surface area contributed by atoms with E-state index in [2.05, 4.69) is 9.98 Å². The van der Waals surface area contributed by atoms with Gasteiger partial charge in [-0.15, -0.1) is 0 Å². The lowest BCUT2D eigenvalue weighted by Gasteiger charge is -2.17. The van der Waals surface area contributed by atoms with Crippen LogP contribution in [0, 0.1) is 0 Å². The summed E-state index contributed by atoms with van der Waals surface area (Å²) >= 11 is 0. The number of methoxy groups -OCH3 is 2. The fraction of sp³-hybridized carbons (Fsp3) is 0.176. The number of rotatable bonds is 5. The smallest absolute Gasteiger partial charge is 0.420 e. The molecule has 0 heterocycles. The highest BCUT2D eigenvalue weighted by molar-refractivity contribution is 5.87. The van der Waals surface area contributed by atoms with Gasteiger partial charge in [-0.3, -0.25) is 0 Å². The third-order valence-electron chi connectivity index (χ3n) is 3.46. The van der Waals surface area contributed by atoms with Crippen molar-refractivity contribution in [3.63, 3.8) is 0 Å². The number of hydrogen-bond donors (Lipinski definition) is 0. The molecule has 0 radical (unpaired) electrons. The molecule has 0 saturated heterocycles. The molecule has 9 heteroatoms. The minimum absolute atomic E-state index is 0.0683. The van der Waals surface area contributed by atoms with Gasteiger partial charge in [0.05, 0.1) is 25.6 Å². The molecule has 0 fully saturated rings. The Morgan fingerprint density at radius 1 is 0.923 bits per heavy atom. The number of benzene rings is 2. The maximum absolute atomic E-state index is 13.5. The lowest BCUT2D eigenvalue weighted by molar-refractivity contribution is -0.136. The average molecular weight is 364 g/mol. The SMILES string of the molecule is COc1ccc(OC)c(-c2ccc(N=C=O)c(C(F)(F)F)c2N=C=O)c1. The molecule has 0 spiro atoms. The Balaban J connectivity index is 2.95. The van der Waals surface area contributed by atoms with Gasteiger partial charge in [0.2, 0.25) is 12.2 Å². The zero-order chi connectivity index (χ0) is 19.3. The summed E-state index contributed by atoms with van der Waals surface area (Å²) in [6.07, 6.45) is -2.78. The van der Waals surface area contributed by atoms with Crippen molar-refractivity contribution in [2.75, 3.05) is 14.2 Å². The second-order valence-electron chi connectivity index (χ2n) is 4.83. The van der Waals surface area contributed by atoms with Crippen LogP contribution in [0.25, 0.3) is 11.1 Å². The maximum atomic E-state index is 13.5. The van der Waals surface area contributed by atoms with Gasteiger partial charge in [0.25, 0.3) is 0 Å². The quantitative estimate of drug-likeness (QED) is 0.585. The van der Waals surface area contributed by atoms with E-state index in [9.17, 15) is 22.8 Å². The van der Waals surface area contributed by atoms with Crippen molar-refractivity contribution in [1.29, 1.82) is 0 Å². The van der Waals surface area contributed by atoms with Gasteiger partial charge in [-0.2, -0.15) is 23.2 Å². The maximum Gasteiger partial charge on any atom is 0.420 e. The molecule has 0 aliphatic heterocycles. The van der Waals surface area contributed by atoms with E-state index >= 15 is 0 Å². The highest BCUT2D eigenvalue weighted by atomic mass is 19.4. The lowest BCUT2D eigenvalue weighted by Crippen LogP contribution is -2.07. The van der Waals surface area contributed by atoms with Crippen molar-refractivity contribution in [3.05, 3.63) is 35.9 Å². The van der Waals surface area contributed by atoms with E-state index in [0.29, 0.717) is 5.75 Å². The number of nitrogens with zero attached hydrogens (tertiary/aromatic N) is 2. The predicted octanol–water partition coefficient (Wildman–Crippen LogP) is 4.32. The molecular weight excluding hydrogens is 353 g/mol. The van der Waals surface area contributed by atoms with Crippen LogP contribution in [0.4, 0.5) is 24.5 Å². The van der Waals surface area contributed by atoms with Gasteiger partial charge in [0.15, 0.2) is 0 Å². The first-order chi connectivity index (χ1) is 12.4. The average Bonchev–Trinajstić information content (AvgIpc) is 2.61. The van der Waals surface area contributed by atoms with E-state index in [1.54, 1.807) is 6.07 Å². The summed E-state index contributed by atoms with van der Waals surface area (Å²) in [4.78, 5) is 27.5. The highest BCUT2D eigenvalue weighted by Crippen LogP contribution is 2.49. The Morgan fingerprint density at radius 2 is 1.62 bits per heavy atom. The first kappa shape index (κ1) is 18.9. The van der Waals surface area contributed by atoms with Crippen LogP contribution in [-0.4, -0.2) is 26.4 Å². The first-order valence-electron chi connectivity index (χ1n) is 6.99. The Hall–Kier alpha value is -3.41. The standard InChI is InChI=1S/C17H11F3N2O4/c1-25-10-3-6-14(26-2)12(7-10)11-4-5-13(21-8-23)15(17(18,19)20)16(11)22-9-24/h3-7H,1-2H3. The second-order valence-corrected chi connectivity index (χ2v) is 4.83. The molecule has 0 saturated carbocycles. The number of ether oxygens (including phenoxy) is 2. The summed E-state index contributed by atoms with van der Waals surface area (Å²) in [6.45, 7) is 0. The second kappa shape index (κ2) is 7.65. The molecule has 134 valence electrons. The minimum atomic E-state index is -4.94. The molecule has 0 amide bonds. The number of aliphatic imine (C=N–C) groups is 2. The van der Waals surface area contributed by atoms with E-state index in [4.69, 9.17) is 9.47 Å². The molecule has 0 aliphatic carbocycles. The van der Waals surface area contributed by atoms with Crippen LogP contribution in [0.15, 0.2) is 40.3 Å². The van der Waals surface area contributed by atoms with E-state index in [1.807, 2.05) is 0 Å². The van der Waals surface area contributed by atoms with Gasteiger partial charge in [0.1, 0.15) is 17.1 Å². The zero-order valence-corrected chi connectivity index (χ0v) is 13.5. The molecule has 26 heavy (non-hydrogen) atoms. The summed E-state index contributed by atoms with van der Waals surface area (Å²) in [5.41, 5.74) is -2.68. The Morgan fingerprint density at radius 3 is 2.15 bits per heavy atom. The molecule has 2 aromatic rings. The number of isocyanates is 2. The molecule has 0 unspecified atom stereocenters. The summed E-state index contributed by atoms with van der Waals surface area (Å²) in [6, 6.07) is 6.69. The van der Waals surface area contributed by atoms with Crippen LogP contribution in [0.1, 0.15) is 5.56 Å². The first-order valence-corrected chi connectivity index (χ1v) is 6.99. The largest absolute Gasteiger partial charge is 0.497 e. The Labute approximate surface area is 145 Å². The van der Waals surface area contributed by atoms with Gasteiger partial charge < -0.3 is 9.47 Å². The molecule has 0 atom stereocenters. The van der Waals surface area contributed by atoms with Gasteiger partial charge in [0, 0.05) is 11.1 Å². The van der Waals surface area contributed by atoms with Crippen LogP contribution in [0.3, 0.4) is 0 Å². The molecule has 0 N–H and O–H groups in total. The summed E-state index contributed by atoms with van der Waals surface area (Å²) < 4.78 is 50.9. The number of hydrogen-bond acceptors (Lipinski definition) is 6. The van der Waals surface area contributed by atoms with Crippen LogP contribution >= 0.6 is 0 Å². The summed E-state index contributed by atoms with van der Waals surface area (Å²) in [5, 5.41) is 0. The van der Waals surface area contributed by atoms with Crippen molar-refractivity contribution < 1.29 is 32.2 Å². The molecule has 2 rings (SSSR count). The molecule has 6 nitrogen and oxygen atoms in total. The molecule has 2 aromatic carbocycles. The van der Waals surface area contributed by atoms with Crippen molar-refractivity contribution >= 4 is 23.5 Å². The summed E-state index contributed by atoms with van der Waals surface area (Å²) in [5.74, 6) is 0.582. The van der Waals surface area contributed by atoms with Crippen LogP contribution in [0.5, 0.6) is 11.5 Å². The van der Waals surface area contributed by atoms with Crippen molar-refractivity contribution in [3.8, 4) is 22.6 Å². The fourth-order valence-corrected chi connectivity index (χ4v) is 2.41. The van der Waals surface area contributed by atoms with Crippen LogP contribution in [-0.2, 0) is 15.8 Å². The van der Waals surface area contributed by atoms with Crippen molar-refractivity contribution in [1.82, 2.24) is 0 Å². The summed E-state index contributed by atoms with van der Waals surface area (Å²) in [7, 11) is 2.73. The van der Waals surface area contributed by atoms with Crippen molar-refractivity contribution in [2.45, 2.75) is 6.18 Å². The molecular formula is C17H11F3N2O4. The zero-order valence-electron chi connectivity index (χ0n) is 13.5. The third kappa shape index (κ3) is 3.64.